The molecule has 0 aliphatic heterocycles. The predicted octanol–water partition coefficient (Wildman–Crippen LogP) is 3.34. The molecular weight excluding hydrogens is 318 g/mol. The van der Waals surface area contributed by atoms with Gasteiger partial charge in [-0.2, -0.15) is 5.10 Å². The lowest BCUT2D eigenvalue weighted by molar-refractivity contribution is 0.102. The highest BCUT2D eigenvalue weighted by atomic mass is 79.9. The van der Waals surface area contributed by atoms with Crippen LogP contribution in [0, 0.1) is 0 Å². The maximum atomic E-state index is 12.4. The van der Waals surface area contributed by atoms with E-state index >= 15 is 0 Å². The molecule has 0 radical (unpaired) electrons. The standard InChI is InChI=1S/C12H11BrClN3O/c1-2-5-17-11(9(13)7-16-17)12(18)8-3-4-10(14)15-6-8/h3-4,6-7H,2,5H2,1H3. The van der Waals surface area contributed by atoms with Crippen LogP contribution in [0.4, 0.5) is 0 Å². The maximum Gasteiger partial charge on any atom is 0.213 e. The normalized spacial score (nSPS) is 10.6. The third kappa shape index (κ3) is 2.62. The van der Waals surface area contributed by atoms with Crippen LogP contribution in [0.2, 0.25) is 5.15 Å². The van der Waals surface area contributed by atoms with Crippen molar-refractivity contribution in [2.45, 2.75) is 19.9 Å². The second-order valence-corrected chi connectivity index (χ2v) is 5.00. The molecule has 2 aromatic heterocycles. The second-order valence-electron chi connectivity index (χ2n) is 3.76. The Morgan fingerprint density at radius 3 is 2.83 bits per heavy atom. The van der Waals surface area contributed by atoms with Crippen LogP contribution in [0.1, 0.15) is 29.4 Å². The summed E-state index contributed by atoms with van der Waals surface area (Å²) in [5, 5.41) is 4.54. The van der Waals surface area contributed by atoms with Crippen LogP contribution in [-0.4, -0.2) is 20.5 Å². The van der Waals surface area contributed by atoms with Crippen molar-refractivity contribution in [2.75, 3.05) is 0 Å². The molecule has 0 aliphatic carbocycles. The Kier molecular flexibility index (Phi) is 4.14. The smallest absolute Gasteiger partial charge is 0.213 e. The van der Waals surface area contributed by atoms with Gasteiger partial charge in [-0.25, -0.2) is 4.98 Å². The summed E-state index contributed by atoms with van der Waals surface area (Å²) in [6, 6.07) is 3.26. The number of aromatic nitrogens is 3. The Hall–Kier alpha value is -1.20. The van der Waals surface area contributed by atoms with Gasteiger partial charge < -0.3 is 0 Å². The molecule has 0 spiro atoms. The van der Waals surface area contributed by atoms with E-state index in [4.69, 9.17) is 11.6 Å². The van der Waals surface area contributed by atoms with Crippen LogP contribution >= 0.6 is 27.5 Å². The minimum atomic E-state index is -0.114. The van der Waals surface area contributed by atoms with E-state index in [0.29, 0.717) is 27.4 Å². The molecular formula is C12H11BrClN3O. The van der Waals surface area contributed by atoms with Crippen LogP contribution in [0.25, 0.3) is 0 Å². The van der Waals surface area contributed by atoms with Gasteiger partial charge in [0.15, 0.2) is 0 Å². The molecule has 94 valence electrons. The first kappa shape index (κ1) is 13.2. The van der Waals surface area contributed by atoms with Gasteiger partial charge in [-0.1, -0.05) is 18.5 Å². The summed E-state index contributed by atoms with van der Waals surface area (Å²) in [5.41, 5.74) is 1.04. The first-order valence-electron chi connectivity index (χ1n) is 5.51. The number of aryl methyl sites for hydroxylation is 1. The van der Waals surface area contributed by atoms with Gasteiger partial charge in [0.25, 0.3) is 0 Å². The molecule has 0 amide bonds. The fourth-order valence-corrected chi connectivity index (χ4v) is 2.20. The predicted molar refractivity (Wildman–Crippen MR) is 72.9 cm³/mol. The number of carbonyl (C=O) groups is 1. The number of pyridine rings is 1. The fraction of sp³-hybridized carbons (Fsp3) is 0.250. The molecule has 0 aromatic carbocycles. The molecule has 0 aliphatic rings. The Labute approximate surface area is 118 Å². The van der Waals surface area contributed by atoms with Gasteiger partial charge in [-0.05, 0) is 34.5 Å². The van der Waals surface area contributed by atoms with Gasteiger partial charge in [0, 0.05) is 18.3 Å². The number of nitrogens with zero attached hydrogens (tertiary/aromatic N) is 3. The van der Waals surface area contributed by atoms with Crippen molar-refractivity contribution in [3.05, 3.63) is 45.4 Å². The Morgan fingerprint density at radius 1 is 1.44 bits per heavy atom. The molecule has 18 heavy (non-hydrogen) atoms. The molecule has 2 rings (SSSR count). The van der Waals surface area contributed by atoms with Crippen LogP contribution in [-0.2, 0) is 6.54 Å². The maximum absolute atomic E-state index is 12.4. The number of hydrogen-bond acceptors (Lipinski definition) is 3. The molecule has 0 bridgehead atoms. The van der Waals surface area contributed by atoms with Gasteiger partial charge in [0.05, 0.1) is 10.7 Å². The Balaban J connectivity index is 2.39. The highest BCUT2D eigenvalue weighted by Gasteiger charge is 2.18. The first-order chi connectivity index (χ1) is 8.63. The number of rotatable bonds is 4. The summed E-state index contributed by atoms with van der Waals surface area (Å²) in [5.74, 6) is -0.114. The van der Waals surface area contributed by atoms with Gasteiger partial charge in [-0.3, -0.25) is 9.48 Å². The summed E-state index contributed by atoms with van der Waals surface area (Å²) in [6.07, 6.45) is 4.01. The van der Waals surface area contributed by atoms with E-state index in [1.54, 1.807) is 23.0 Å². The van der Waals surface area contributed by atoms with Gasteiger partial charge in [0.1, 0.15) is 10.8 Å². The topological polar surface area (TPSA) is 47.8 Å². The molecule has 2 heterocycles. The lowest BCUT2D eigenvalue weighted by Gasteiger charge is -2.05. The minimum Gasteiger partial charge on any atom is -0.287 e. The SMILES string of the molecule is CCCn1ncc(Br)c1C(=O)c1ccc(Cl)nc1. The first-order valence-corrected chi connectivity index (χ1v) is 6.68. The highest BCUT2D eigenvalue weighted by Crippen LogP contribution is 2.20. The van der Waals surface area contributed by atoms with Crippen molar-refractivity contribution < 1.29 is 4.79 Å². The van der Waals surface area contributed by atoms with Crippen LogP contribution in [0.3, 0.4) is 0 Å². The zero-order valence-electron chi connectivity index (χ0n) is 9.73. The fourth-order valence-electron chi connectivity index (χ4n) is 1.62. The molecule has 0 N–H and O–H groups in total. The van der Waals surface area contributed by atoms with Crippen molar-refractivity contribution >= 4 is 33.3 Å². The molecule has 6 heteroatoms. The molecule has 4 nitrogen and oxygen atoms in total. The lowest BCUT2D eigenvalue weighted by atomic mass is 10.1. The number of carbonyl (C=O) groups excluding carboxylic acids is 1. The summed E-state index contributed by atoms with van der Waals surface area (Å²) in [7, 11) is 0. The number of ketones is 1. The summed E-state index contributed by atoms with van der Waals surface area (Å²) in [4.78, 5) is 16.3. The molecule has 0 fully saturated rings. The van der Waals surface area contributed by atoms with Crippen LogP contribution < -0.4 is 0 Å². The zero-order chi connectivity index (χ0) is 13.1. The molecule has 0 saturated heterocycles. The van der Waals surface area contributed by atoms with Gasteiger partial charge >= 0.3 is 0 Å². The molecule has 0 saturated carbocycles. The van der Waals surface area contributed by atoms with E-state index in [9.17, 15) is 4.79 Å². The van der Waals surface area contributed by atoms with E-state index in [2.05, 4.69) is 26.0 Å². The largest absolute Gasteiger partial charge is 0.287 e. The number of hydrogen-bond donors (Lipinski definition) is 0. The molecule has 0 unspecified atom stereocenters. The van der Waals surface area contributed by atoms with Crippen molar-refractivity contribution in [3.8, 4) is 0 Å². The van der Waals surface area contributed by atoms with Crippen molar-refractivity contribution in [2.24, 2.45) is 0 Å². The van der Waals surface area contributed by atoms with Crippen molar-refractivity contribution in [3.63, 3.8) is 0 Å². The average Bonchev–Trinajstić information content (AvgIpc) is 2.71. The molecule has 2 aromatic rings. The summed E-state index contributed by atoms with van der Waals surface area (Å²) in [6.45, 7) is 2.74. The summed E-state index contributed by atoms with van der Waals surface area (Å²) >= 11 is 9.05. The van der Waals surface area contributed by atoms with Crippen molar-refractivity contribution in [1.82, 2.24) is 14.8 Å². The van der Waals surface area contributed by atoms with Crippen molar-refractivity contribution in [1.29, 1.82) is 0 Å². The monoisotopic (exact) mass is 327 g/mol. The van der Waals surface area contributed by atoms with E-state index in [-0.39, 0.29) is 5.78 Å². The molecule has 0 atom stereocenters. The van der Waals surface area contributed by atoms with Gasteiger partial charge in [0.2, 0.25) is 5.78 Å². The van der Waals surface area contributed by atoms with E-state index < -0.39 is 0 Å². The van der Waals surface area contributed by atoms with E-state index in [1.165, 1.54) is 6.20 Å². The third-order valence-corrected chi connectivity index (χ3v) is 3.24. The third-order valence-electron chi connectivity index (χ3n) is 2.43. The van der Waals surface area contributed by atoms with E-state index in [1.807, 2.05) is 6.92 Å². The quantitative estimate of drug-likeness (QED) is 0.639. The second kappa shape index (κ2) is 5.63. The van der Waals surface area contributed by atoms with Gasteiger partial charge in [-0.15, -0.1) is 0 Å². The number of halogens is 2. The summed E-state index contributed by atoms with van der Waals surface area (Å²) < 4.78 is 2.39. The minimum absolute atomic E-state index is 0.114. The Morgan fingerprint density at radius 2 is 2.22 bits per heavy atom. The van der Waals surface area contributed by atoms with Crippen LogP contribution in [0.15, 0.2) is 29.0 Å². The van der Waals surface area contributed by atoms with Crippen LogP contribution in [0.5, 0.6) is 0 Å². The highest BCUT2D eigenvalue weighted by molar-refractivity contribution is 9.10. The average molecular weight is 329 g/mol. The zero-order valence-corrected chi connectivity index (χ0v) is 12.1. The lowest BCUT2D eigenvalue weighted by Crippen LogP contribution is -2.12. The Bertz CT molecular complexity index is 565. The van der Waals surface area contributed by atoms with E-state index in [0.717, 1.165) is 6.42 Å².